The van der Waals surface area contributed by atoms with Crippen LogP contribution in [0, 0.1) is 20.2 Å². The van der Waals surface area contributed by atoms with Crippen molar-refractivity contribution in [1.82, 2.24) is 10.6 Å². The zero-order valence-electron chi connectivity index (χ0n) is 17.6. The second kappa shape index (κ2) is 12.8. The maximum Gasteiger partial charge on any atom is 0.269 e. The largest absolute Gasteiger partial charge is 0.356 e. The van der Waals surface area contributed by atoms with E-state index in [1.54, 1.807) is 24.3 Å². The lowest BCUT2D eigenvalue weighted by Gasteiger charge is -2.07. The van der Waals surface area contributed by atoms with Crippen LogP contribution in [0.5, 0.6) is 0 Å². The molecule has 2 amide bonds. The van der Waals surface area contributed by atoms with Gasteiger partial charge >= 0.3 is 0 Å². The third-order valence-electron chi connectivity index (χ3n) is 4.77. The monoisotopic (exact) mass is 442 g/mol. The molecule has 32 heavy (non-hydrogen) atoms. The van der Waals surface area contributed by atoms with Crippen molar-refractivity contribution in [3.8, 4) is 0 Å². The Labute approximate surface area is 185 Å². The number of non-ortho nitro benzene ring substituents is 2. The van der Waals surface area contributed by atoms with Gasteiger partial charge in [-0.1, -0.05) is 37.1 Å². The van der Waals surface area contributed by atoms with Crippen LogP contribution in [-0.4, -0.2) is 34.8 Å². The first-order chi connectivity index (χ1) is 15.3. The molecule has 0 spiro atoms. The minimum absolute atomic E-state index is 0.00306. The van der Waals surface area contributed by atoms with Crippen molar-refractivity contribution < 1.29 is 19.4 Å². The number of carbonyl (C=O) groups excluding carboxylic acids is 2. The summed E-state index contributed by atoms with van der Waals surface area (Å²) in [4.78, 5) is 44.1. The summed E-state index contributed by atoms with van der Waals surface area (Å²) < 4.78 is 0. The van der Waals surface area contributed by atoms with E-state index in [1.807, 2.05) is 0 Å². The number of amides is 2. The van der Waals surface area contributed by atoms with Gasteiger partial charge in [0.2, 0.25) is 11.8 Å². The number of nitro benzene ring substituents is 2. The Hall–Kier alpha value is -3.82. The van der Waals surface area contributed by atoms with E-state index in [0.717, 1.165) is 36.8 Å². The fourth-order valence-corrected chi connectivity index (χ4v) is 3.03. The number of benzene rings is 2. The molecule has 0 heterocycles. The molecule has 2 aromatic carbocycles. The van der Waals surface area contributed by atoms with Crippen LogP contribution in [0.1, 0.15) is 36.8 Å². The summed E-state index contributed by atoms with van der Waals surface area (Å²) in [5, 5.41) is 26.9. The Morgan fingerprint density at radius 1 is 0.625 bits per heavy atom. The van der Waals surface area contributed by atoms with Crippen LogP contribution in [0.15, 0.2) is 48.5 Å². The second-order valence-electron chi connectivity index (χ2n) is 7.31. The predicted molar refractivity (Wildman–Crippen MR) is 118 cm³/mol. The van der Waals surface area contributed by atoms with E-state index in [0.29, 0.717) is 13.1 Å². The lowest BCUT2D eigenvalue weighted by molar-refractivity contribution is -0.385. The molecule has 0 fully saturated rings. The molecule has 0 unspecified atom stereocenters. The van der Waals surface area contributed by atoms with E-state index in [-0.39, 0.29) is 36.0 Å². The van der Waals surface area contributed by atoms with E-state index < -0.39 is 9.85 Å². The smallest absolute Gasteiger partial charge is 0.269 e. The highest BCUT2D eigenvalue weighted by atomic mass is 16.6. The second-order valence-corrected chi connectivity index (χ2v) is 7.31. The van der Waals surface area contributed by atoms with Crippen molar-refractivity contribution in [2.75, 3.05) is 13.1 Å². The first-order valence-corrected chi connectivity index (χ1v) is 10.3. The molecule has 0 aliphatic heterocycles. The quantitative estimate of drug-likeness (QED) is 0.277. The fourth-order valence-electron chi connectivity index (χ4n) is 3.03. The summed E-state index contributed by atoms with van der Waals surface area (Å²) in [5.41, 5.74) is 1.43. The summed E-state index contributed by atoms with van der Waals surface area (Å²) in [6.07, 6.45) is 3.83. The van der Waals surface area contributed by atoms with Crippen LogP contribution in [0.25, 0.3) is 0 Å². The van der Waals surface area contributed by atoms with Gasteiger partial charge in [-0.15, -0.1) is 0 Å². The molecule has 0 saturated heterocycles. The average Bonchev–Trinajstić information content (AvgIpc) is 2.76. The van der Waals surface area contributed by atoms with E-state index >= 15 is 0 Å². The summed E-state index contributed by atoms with van der Waals surface area (Å²) in [5.74, 6) is -0.255. The molecule has 0 bridgehead atoms. The molecule has 10 heteroatoms. The minimum atomic E-state index is -0.478. The van der Waals surface area contributed by atoms with Crippen molar-refractivity contribution in [1.29, 1.82) is 0 Å². The Bertz CT molecular complexity index is 851. The third-order valence-corrected chi connectivity index (χ3v) is 4.77. The molecule has 170 valence electrons. The summed E-state index contributed by atoms with van der Waals surface area (Å²) in [7, 11) is 0. The van der Waals surface area contributed by atoms with Gasteiger partial charge in [-0.2, -0.15) is 0 Å². The zero-order valence-corrected chi connectivity index (χ0v) is 17.6. The number of hydrogen-bond acceptors (Lipinski definition) is 6. The van der Waals surface area contributed by atoms with Crippen molar-refractivity contribution >= 4 is 23.2 Å². The van der Waals surface area contributed by atoms with Crippen molar-refractivity contribution in [3.05, 3.63) is 79.9 Å². The molecule has 0 aliphatic carbocycles. The highest BCUT2D eigenvalue weighted by Gasteiger charge is 2.08. The molecule has 0 radical (unpaired) electrons. The van der Waals surface area contributed by atoms with E-state index in [4.69, 9.17) is 0 Å². The number of nitrogens with one attached hydrogen (secondary N) is 2. The number of carbonyl (C=O) groups is 2. The fraction of sp³-hybridized carbons (Fsp3) is 0.364. The number of hydrogen-bond donors (Lipinski definition) is 2. The van der Waals surface area contributed by atoms with Crippen LogP contribution in [-0.2, 0) is 22.4 Å². The molecule has 2 rings (SSSR count). The van der Waals surface area contributed by atoms with Gasteiger partial charge in [-0.05, 0) is 24.0 Å². The topological polar surface area (TPSA) is 144 Å². The zero-order chi connectivity index (χ0) is 23.3. The van der Waals surface area contributed by atoms with Gasteiger partial charge in [-0.25, -0.2) is 0 Å². The summed E-state index contributed by atoms with van der Waals surface area (Å²) >= 11 is 0. The first kappa shape index (κ1) is 24.4. The maximum atomic E-state index is 11.9. The van der Waals surface area contributed by atoms with Gasteiger partial charge in [-0.3, -0.25) is 29.8 Å². The Balaban J connectivity index is 1.50. The van der Waals surface area contributed by atoms with Gasteiger partial charge in [0.15, 0.2) is 0 Å². The average molecular weight is 442 g/mol. The Kier molecular flexibility index (Phi) is 9.76. The third kappa shape index (κ3) is 8.90. The van der Waals surface area contributed by atoms with Gasteiger partial charge in [0, 0.05) is 37.4 Å². The molecule has 2 aromatic rings. The van der Waals surface area contributed by atoms with Crippen LogP contribution < -0.4 is 10.6 Å². The summed E-state index contributed by atoms with van der Waals surface area (Å²) in [6, 6.07) is 11.8. The normalized spacial score (nSPS) is 10.4. The van der Waals surface area contributed by atoms with E-state index in [2.05, 4.69) is 10.6 Å². The molecule has 0 aromatic heterocycles. The van der Waals surface area contributed by atoms with Crippen molar-refractivity contribution in [2.24, 2.45) is 0 Å². The number of unbranched alkanes of at least 4 members (excludes halogenated alkanes) is 3. The first-order valence-electron chi connectivity index (χ1n) is 10.3. The van der Waals surface area contributed by atoms with Crippen LogP contribution in [0.4, 0.5) is 11.4 Å². The van der Waals surface area contributed by atoms with Crippen LogP contribution >= 0.6 is 0 Å². The Morgan fingerprint density at radius 2 is 0.969 bits per heavy atom. The molecule has 0 atom stereocenters. The highest BCUT2D eigenvalue weighted by Crippen LogP contribution is 2.13. The highest BCUT2D eigenvalue weighted by molar-refractivity contribution is 5.79. The van der Waals surface area contributed by atoms with E-state index in [9.17, 15) is 29.8 Å². The SMILES string of the molecule is O=C(Cc1ccc([N+](=O)[O-])cc1)NCCCCCCNC(=O)Cc1ccc([N+](=O)[O-])cc1. The minimum Gasteiger partial charge on any atom is -0.356 e. The summed E-state index contributed by atoms with van der Waals surface area (Å²) in [6.45, 7) is 1.11. The molecule has 0 saturated carbocycles. The maximum absolute atomic E-state index is 11.9. The molecular formula is C22H26N4O6. The van der Waals surface area contributed by atoms with Crippen molar-refractivity contribution in [3.63, 3.8) is 0 Å². The van der Waals surface area contributed by atoms with Gasteiger partial charge in [0.25, 0.3) is 11.4 Å². The number of nitro groups is 2. The van der Waals surface area contributed by atoms with Crippen LogP contribution in [0.3, 0.4) is 0 Å². The lowest BCUT2D eigenvalue weighted by atomic mass is 10.1. The molecule has 0 aliphatic rings. The van der Waals surface area contributed by atoms with Gasteiger partial charge < -0.3 is 10.6 Å². The number of rotatable bonds is 13. The van der Waals surface area contributed by atoms with E-state index in [1.165, 1.54) is 24.3 Å². The Morgan fingerprint density at radius 3 is 1.28 bits per heavy atom. The molecule has 10 nitrogen and oxygen atoms in total. The molecule has 2 N–H and O–H groups in total. The van der Waals surface area contributed by atoms with Crippen LogP contribution in [0.2, 0.25) is 0 Å². The standard InChI is InChI=1S/C22H26N4O6/c27-21(15-17-5-9-19(10-6-17)25(29)30)23-13-3-1-2-4-14-24-22(28)16-18-7-11-20(12-8-18)26(31)32/h5-12H,1-4,13-16H2,(H,23,27)(H,24,28). The van der Waals surface area contributed by atoms with Crippen molar-refractivity contribution in [2.45, 2.75) is 38.5 Å². The predicted octanol–water partition coefficient (Wildman–Crippen LogP) is 3.08. The number of nitrogens with zero attached hydrogens (tertiary/aromatic N) is 2. The van der Waals surface area contributed by atoms with Gasteiger partial charge in [0.05, 0.1) is 22.7 Å². The van der Waals surface area contributed by atoms with Gasteiger partial charge in [0.1, 0.15) is 0 Å². The molecular weight excluding hydrogens is 416 g/mol. The lowest BCUT2D eigenvalue weighted by Crippen LogP contribution is -2.26.